The molecule has 28 heavy (non-hydrogen) atoms. The second kappa shape index (κ2) is 8.53. The molecule has 1 aromatic carbocycles. The van der Waals surface area contributed by atoms with E-state index < -0.39 is 35.7 Å². The third-order valence-electron chi connectivity index (χ3n) is 4.56. The normalized spacial score (nSPS) is 15.2. The average Bonchev–Trinajstić information content (AvgIpc) is 2.72. The average molecular weight is 387 g/mol. The molecule has 1 fully saturated rings. The predicted octanol–water partition coefficient (Wildman–Crippen LogP) is -1.50. The number of carbonyl (C=O) groups excluding carboxylic acids is 2. The Kier molecular flexibility index (Phi) is 5.90. The van der Waals surface area contributed by atoms with E-state index in [-0.39, 0.29) is 5.56 Å². The predicted molar refractivity (Wildman–Crippen MR) is 101 cm³/mol. The maximum atomic E-state index is 12.7. The molecule has 1 atom stereocenters. The zero-order valence-corrected chi connectivity index (χ0v) is 15.1. The van der Waals surface area contributed by atoms with Crippen molar-refractivity contribution in [1.29, 1.82) is 0 Å². The molecular weight excluding hydrogens is 366 g/mol. The summed E-state index contributed by atoms with van der Waals surface area (Å²) in [5, 5.41) is 11.9. The van der Waals surface area contributed by atoms with Crippen LogP contribution in [0.3, 0.4) is 0 Å². The van der Waals surface area contributed by atoms with Crippen molar-refractivity contribution in [2.45, 2.75) is 6.04 Å². The second-order valence-corrected chi connectivity index (χ2v) is 6.34. The van der Waals surface area contributed by atoms with Gasteiger partial charge in [0.05, 0.1) is 6.61 Å². The van der Waals surface area contributed by atoms with E-state index in [0.29, 0.717) is 26.2 Å². The second-order valence-electron chi connectivity index (χ2n) is 6.34. The molecular formula is C18H21N5O5. The van der Waals surface area contributed by atoms with E-state index >= 15 is 0 Å². The van der Waals surface area contributed by atoms with Gasteiger partial charge < -0.3 is 25.2 Å². The van der Waals surface area contributed by atoms with E-state index in [2.05, 4.69) is 15.2 Å². The smallest absolute Gasteiger partial charge is 0.325 e. The van der Waals surface area contributed by atoms with Crippen molar-refractivity contribution in [2.24, 2.45) is 0 Å². The highest BCUT2D eigenvalue weighted by atomic mass is 16.3. The number of carbonyl (C=O) groups is 2. The highest BCUT2D eigenvalue weighted by molar-refractivity contribution is 5.97. The Hall–Kier alpha value is -3.40. The minimum absolute atomic E-state index is 0.347. The van der Waals surface area contributed by atoms with Crippen LogP contribution in [0.2, 0.25) is 0 Å². The molecule has 1 aromatic heterocycles. The van der Waals surface area contributed by atoms with E-state index in [4.69, 9.17) is 0 Å². The largest absolute Gasteiger partial charge is 0.394 e. The van der Waals surface area contributed by atoms with Gasteiger partial charge in [0.2, 0.25) is 5.91 Å². The Bertz CT molecular complexity index is 947. The Morgan fingerprint density at radius 1 is 1.11 bits per heavy atom. The van der Waals surface area contributed by atoms with Crippen LogP contribution in [0.4, 0.5) is 5.69 Å². The van der Waals surface area contributed by atoms with Crippen molar-refractivity contribution >= 4 is 17.5 Å². The highest BCUT2D eigenvalue weighted by Gasteiger charge is 2.29. The van der Waals surface area contributed by atoms with Gasteiger partial charge in [-0.2, -0.15) is 0 Å². The van der Waals surface area contributed by atoms with Gasteiger partial charge in [-0.25, -0.2) is 4.79 Å². The molecule has 0 bridgehead atoms. The number of benzene rings is 1. The first-order chi connectivity index (χ1) is 13.5. The van der Waals surface area contributed by atoms with Gasteiger partial charge >= 0.3 is 5.69 Å². The van der Waals surface area contributed by atoms with Gasteiger partial charge in [-0.3, -0.25) is 19.4 Å². The number of hydrogen-bond donors (Lipinski definition) is 4. The summed E-state index contributed by atoms with van der Waals surface area (Å²) < 4.78 is 0. The van der Waals surface area contributed by atoms with Gasteiger partial charge in [-0.1, -0.05) is 18.2 Å². The molecule has 1 unspecified atom stereocenters. The number of anilines is 1. The molecule has 148 valence electrons. The minimum atomic E-state index is -1.18. The van der Waals surface area contributed by atoms with Crippen LogP contribution in [0.1, 0.15) is 10.4 Å². The number of piperazine rings is 1. The highest BCUT2D eigenvalue weighted by Crippen LogP contribution is 2.15. The van der Waals surface area contributed by atoms with Crippen LogP contribution < -0.4 is 21.5 Å². The molecule has 1 aliphatic rings. The molecule has 2 heterocycles. The molecule has 10 heteroatoms. The van der Waals surface area contributed by atoms with E-state index in [1.807, 2.05) is 35.3 Å². The number of aliphatic hydroxyl groups is 1. The first-order valence-corrected chi connectivity index (χ1v) is 8.82. The van der Waals surface area contributed by atoms with Crippen LogP contribution in [0.25, 0.3) is 0 Å². The molecule has 2 aromatic rings. The summed E-state index contributed by atoms with van der Waals surface area (Å²) in [5.74, 6) is -1.28. The Morgan fingerprint density at radius 2 is 1.79 bits per heavy atom. The summed E-state index contributed by atoms with van der Waals surface area (Å²) in [6, 6.07) is 8.64. The van der Waals surface area contributed by atoms with Crippen molar-refractivity contribution < 1.29 is 14.7 Å². The van der Waals surface area contributed by atoms with Gasteiger partial charge in [0.1, 0.15) is 11.6 Å². The van der Waals surface area contributed by atoms with Gasteiger partial charge in [-0.05, 0) is 12.1 Å². The van der Waals surface area contributed by atoms with Crippen LogP contribution in [-0.4, -0.2) is 70.6 Å². The maximum absolute atomic E-state index is 12.7. The lowest BCUT2D eigenvalue weighted by Crippen LogP contribution is -2.56. The molecule has 3 rings (SSSR count). The number of aliphatic hydroxyl groups excluding tert-OH is 1. The van der Waals surface area contributed by atoms with Gasteiger partial charge in [0.15, 0.2) is 0 Å². The summed E-state index contributed by atoms with van der Waals surface area (Å²) in [5.41, 5.74) is -0.895. The SMILES string of the molecule is O=C(NC(CO)C(=O)N1CCN(c2ccccc2)CC1)c1c[nH]c(=O)[nH]c1=O. The summed E-state index contributed by atoms with van der Waals surface area (Å²) in [4.78, 5) is 55.5. The summed E-state index contributed by atoms with van der Waals surface area (Å²) in [6.45, 7) is 1.53. The van der Waals surface area contributed by atoms with Gasteiger partial charge in [0.25, 0.3) is 11.5 Å². The molecule has 0 radical (unpaired) electrons. The fourth-order valence-electron chi connectivity index (χ4n) is 3.04. The molecule has 0 aliphatic carbocycles. The van der Waals surface area contributed by atoms with Crippen LogP contribution in [0.15, 0.2) is 46.1 Å². The summed E-state index contributed by atoms with van der Waals surface area (Å²) >= 11 is 0. The molecule has 1 aliphatic heterocycles. The number of para-hydroxylation sites is 1. The lowest BCUT2D eigenvalue weighted by molar-refractivity contribution is -0.134. The Morgan fingerprint density at radius 3 is 2.39 bits per heavy atom. The third kappa shape index (κ3) is 4.29. The Labute approximate surface area is 159 Å². The summed E-state index contributed by atoms with van der Waals surface area (Å²) in [7, 11) is 0. The van der Waals surface area contributed by atoms with Crippen LogP contribution >= 0.6 is 0 Å². The standard InChI is InChI=1S/C18H21N5O5/c24-11-14(20-15(25)13-10-19-18(28)21-16(13)26)17(27)23-8-6-22(7-9-23)12-4-2-1-3-5-12/h1-5,10,14,24H,6-9,11H2,(H,20,25)(H2,19,21,26,28). The van der Waals surface area contributed by atoms with Crippen LogP contribution in [0.5, 0.6) is 0 Å². The van der Waals surface area contributed by atoms with Crippen molar-refractivity contribution in [3.05, 3.63) is 62.9 Å². The number of hydrogen-bond acceptors (Lipinski definition) is 6. The Balaban J connectivity index is 1.61. The van der Waals surface area contributed by atoms with Crippen molar-refractivity contribution in [1.82, 2.24) is 20.2 Å². The van der Waals surface area contributed by atoms with E-state index in [1.54, 1.807) is 4.90 Å². The number of amides is 2. The fourth-order valence-corrected chi connectivity index (χ4v) is 3.04. The zero-order chi connectivity index (χ0) is 20.1. The van der Waals surface area contributed by atoms with E-state index in [9.17, 15) is 24.3 Å². The molecule has 10 nitrogen and oxygen atoms in total. The van der Waals surface area contributed by atoms with Gasteiger partial charge in [-0.15, -0.1) is 0 Å². The quantitative estimate of drug-likeness (QED) is 0.493. The molecule has 4 N–H and O–H groups in total. The lowest BCUT2D eigenvalue weighted by Gasteiger charge is -2.37. The summed E-state index contributed by atoms with van der Waals surface area (Å²) in [6.07, 6.45) is 0.966. The molecule has 0 saturated carbocycles. The van der Waals surface area contributed by atoms with Crippen LogP contribution in [0, 0.1) is 0 Å². The number of aromatic nitrogens is 2. The van der Waals surface area contributed by atoms with Crippen LogP contribution in [-0.2, 0) is 4.79 Å². The van der Waals surface area contributed by atoms with E-state index in [0.717, 1.165) is 11.9 Å². The van der Waals surface area contributed by atoms with Crippen molar-refractivity contribution in [2.75, 3.05) is 37.7 Å². The van der Waals surface area contributed by atoms with Crippen molar-refractivity contribution in [3.8, 4) is 0 Å². The zero-order valence-electron chi connectivity index (χ0n) is 15.1. The first-order valence-electron chi connectivity index (χ1n) is 8.82. The fraction of sp³-hybridized carbons (Fsp3) is 0.333. The lowest BCUT2D eigenvalue weighted by atomic mass is 10.2. The number of rotatable bonds is 5. The first kappa shape index (κ1) is 19.4. The number of H-pyrrole nitrogens is 2. The number of nitrogens with one attached hydrogen (secondary N) is 3. The topological polar surface area (TPSA) is 139 Å². The van der Waals surface area contributed by atoms with Gasteiger partial charge in [0, 0.05) is 38.1 Å². The third-order valence-corrected chi connectivity index (χ3v) is 4.56. The molecule has 1 saturated heterocycles. The molecule has 2 amide bonds. The number of aromatic amines is 2. The van der Waals surface area contributed by atoms with E-state index in [1.165, 1.54) is 0 Å². The maximum Gasteiger partial charge on any atom is 0.325 e. The molecule has 0 spiro atoms. The minimum Gasteiger partial charge on any atom is -0.394 e. The van der Waals surface area contributed by atoms with Crippen molar-refractivity contribution in [3.63, 3.8) is 0 Å². The monoisotopic (exact) mass is 387 g/mol. The number of nitrogens with zero attached hydrogens (tertiary/aromatic N) is 2.